The lowest BCUT2D eigenvalue weighted by atomic mass is 10.3. The van der Waals surface area contributed by atoms with Gasteiger partial charge in [-0.1, -0.05) is 6.92 Å². The number of sulfonamides is 1. The van der Waals surface area contributed by atoms with E-state index in [2.05, 4.69) is 25.1 Å². The second-order valence-corrected chi connectivity index (χ2v) is 6.56. The Morgan fingerprint density at radius 2 is 2.19 bits per heavy atom. The molecule has 1 aliphatic rings. The smallest absolute Gasteiger partial charge is 0.257 e. The molecule has 9 heteroatoms. The van der Waals surface area contributed by atoms with Crippen molar-refractivity contribution in [2.24, 2.45) is 0 Å². The first kappa shape index (κ1) is 16.4. The molecule has 0 atom stereocenters. The normalized spacial score (nSPS) is 17.2. The SMILES string of the molecule is CCNCc1cn[nH]c1S(=O)(=O)NCCN1CCOCC1. The van der Waals surface area contributed by atoms with Crippen molar-refractivity contribution in [2.45, 2.75) is 18.5 Å². The van der Waals surface area contributed by atoms with Gasteiger partial charge in [-0.3, -0.25) is 10.00 Å². The Morgan fingerprint density at radius 3 is 2.90 bits per heavy atom. The molecule has 21 heavy (non-hydrogen) atoms. The Bertz CT molecular complexity index is 525. The minimum atomic E-state index is -3.54. The van der Waals surface area contributed by atoms with Crippen LogP contribution in [0.2, 0.25) is 0 Å². The van der Waals surface area contributed by atoms with Gasteiger partial charge in [-0.05, 0) is 6.54 Å². The van der Waals surface area contributed by atoms with Crippen LogP contribution in [0, 0.1) is 0 Å². The van der Waals surface area contributed by atoms with Crippen LogP contribution < -0.4 is 10.0 Å². The van der Waals surface area contributed by atoms with Crippen molar-refractivity contribution in [2.75, 3.05) is 45.9 Å². The Kier molecular flexibility index (Phi) is 6.12. The van der Waals surface area contributed by atoms with E-state index in [0.29, 0.717) is 38.4 Å². The van der Waals surface area contributed by atoms with Crippen LogP contribution in [0.3, 0.4) is 0 Å². The topological polar surface area (TPSA) is 99.3 Å². The van der Waals surface area contributed by atoms with E-state index in [9.17, 15) is 8.42 Å². The fourth-order valence-electron chi connectivity index (χ4n) is 2.15. The van der Waals surface area contributed by atoms with Crippen molar-refractivity contribution in [3.63, 3.8) is 0 Å². The van der Waals surface area contributed by atoms with Gasteiger partial charge in [0.05, 0.1) is 19.4 Å². The maximum Gasteiger partial charge on any atom is 0.257 e. The summed E-state index contributed by atoms with van der Waals surface area (Å²) in [6.45, 7) is 7.38. The molecule has 0 spiro atoms. The van der Waals surface area contributed by atoms with Crippen LogP contribution in [0.4, 0.5) is 0 Å². The third-order valence-electron chi connectivity index (χ3n) is 3.34. The molecule has 1 aliphatic heterocycles. The van der Waals surface area contributed by atoms with Crippen molar-refractivity contribution in [1.29, 1.82) is 0 Å². The van der Waals surface area contributed by atoms with Gasteiger partial charge in [-0.2, -0.15) is 5.10 Å². The molecular weight excluding hydrogens is 294 g/mol. The molecule has 0 bridgehead atoms. The number of hydrogen-bond donors (Lipinski definition) is 3. The third-order valence-corrected chi connectivity index (χ3v) is 4.81. The summed E-state index contributed by atoms with van der Waals surface area (Å²) in [7, 11) is -3.54. The highest BCUT2D eigenvalue weighted by Gasteiger charge is 2.20. The molecule has 0 radical (unpaired) electrons. The lowest BCUT2D eigenvalue weighted by Crippen LogP contribution is -2.41. The lowest BCUT2D eigenvalue weighted by molar-refractivity contribution is 0.0390. The number of aromatic nitrogens is 2. The molecule has 120 valence electrons. The number of ether oxygens (including phenoxy) is 1. The molecule has 1 fully saturated rings. The minimum absolute atomic E-state index is 0.144. The maximum absolute atomic E-state index is 12.3. The highest BCUT2D eigenvalue weighted by atomic mass is 32.2. The molecule has 0 unspecified atom stereocenters. The van der Waals surface area contributed by atoms with Gasteiger partial charge in [0.2, 0.25) is 0 Å². The van der Waals surface area contributed by atoms with Gasteiger partial charge >= 0.3 is 0 Å². The number of H-pyrrole nitrogens is 1. The van der Waals surface area contributed by atoms with Crippen LogP contribution in [-0.4, -0.2) is 69.5 Å². The third kappa shape index (κ3) is 4.75. The molecule has 2 heterocycles. The standard InChI is InChI=1S/C12H23N5O3S/c1-2-13-9-11-10-14-16-12(11)21(18,19)15-3-4-17-5-7-20-8-6-17/h10,13,15H,2-9H2,1H3,(H,14,16). The monoisotopic (exact) mass is 317 g/mol. The largest absolute Gasteiger partial charge is 0.379 e. The number of rotatable bonds is 8. The van der Waals surface area contributed by atoms with E-state index in [1.807, 2.05) is 6.92 Å². The summed E-state index contributed by atoms with van der Waals surface area (Å²) in [5, 5.41) is 9.64. The molecular formula is C12H23N5O3S. The summed E-state index contributed by atoms with van der Waals surface area (Å²) in [6.07, 6.45) is 1.54. The van der Waals surface area contributed by atoms with Crippen molar-refractivity contribution in [3.05, 3.63) is 11.8 Å². The van der Waals surface area contributed by atoms with Crippen molar-refractivity contribution in [3.8, 4) is 0 Å². The molecule has 1 saturated heterocycles. The Hall–Kier alpha value is -1.00. The minimum Gasteiger partial charge on any atom is -0.379 e. The van der Waals surface area contributed by atoms with E-state index in [1.165, 1.54) is 0 Å². The average Bonchev–Trinajstić information content (AvgIpc) is 2.95. The zero-order chi connectivity index (χ0) is 15.1. The predicted octanol–water partition coefficient (Wildman–Crippen LogP) is -0.870. The predicted molar refractivity (Wildman–Crippen MR) is 78.4 cm³/mol. The zero-order valence-corrected chi connectivity index (χ0v) is 13.1. The number of hydrogen-bond acceptors (Lipinski definition) is 6. The van der Waals surface area contributed by atoms with Gasteiger partial charge in [0, 0.05) is 38.3 Å². The number of aromatic amines is 1. The van der Waals surface area contributed by atoms with E-state index < -0.39 is 10.0 Å². The summed E-state index contributed by atoms with van der Waals surface area (Å²) < 4.78 is 32.4. The number of morpholine rings is 1. The summed E-state index contributed by atoms with van der Waals surface area (Å²) in [5.41, 5.74) is 0.649. The second-order valence-electron chi connectivity index (χ2n) is 4.86. The van der Waals surface area contributed by atoms with E-state index >= 15 is 0 Å². The zero-order valence-electron chi connectivity index (χ0n) is 12.3. The van der Waals surface area contributed by atoms with Gasteiger partial charge in [-0.15, -0.1) is 0 Å². The summed E-state index contributed by atoms with van der Waals surface area (Å²) in [5.74, 6) is 0. The van der Waals surface area contributed by atoms with Gasteiger partial charge in [0.1, 0.15) is 0 Å². The highest BCUT2D eigenvalue weighted by molar-refractivity contribution is 7.89. The van der Waals surface area contributed by atoms with E-state index in [-0.39, 0.29) is 5.03 Å². The summed E-state index contributed by atoms with van der Waals surface area (Å²) in [6, 6.07) is 0. The number of nitrogens with one attached hydrogen (secondary N) is 3. The van der Waals surface area contributed by atoms with E-state index in [4.69, 9.17) is 4.74 Å². The van der Waals surface area contributed by atoms with Gasteiger partial charge in [0.15, 0.2) is 5.03 Å². The van der Waals surface area contributed by atoms with E-state index in [0.717, 1.165) is 19.6 Å². The van der Waals surface area contributed by atoms with Gasteiger partial charge in [0.25, 0.3) is 10.0 Å². The highest BCUT2D eigenvalue weighted by Crippen LogP contribution is 2.11. The molecule has 0 amide bonds. The lowest BCUT2D eigenvalue weighted by Gasteiger charge is -2.26. The van der Waals surface area contributed by atoms with Gasteiger partial charge < -0.3 is 10.1 Å². The second kappa shape index (κ2) is 7.85. The van der Waals surface area contributed by atoms with Crippen LogP contribution >= 0.6 is 0 Å². The van der Waals surface area contributed by atoms with Crippen LogP contribution in [0.5, 0.6) is 0 Å². The average molecular weight is 317 g/mol. The molecule has 2 rings (SSSR count). The first-order chi connectivity index (χ1) is 10.1. The quantitative estimate of drug-likeness (QED) is 0.576. The van der Waals surface area contributed by atoms with Crippen molar-refractivity contribution < 1.29 is 13.2 Å². The molecule has 3 N–H and O–H groups in total. The van der Waals surface area contributed by atoms with Crippen LogP contribution in [0.1, 0.15) is 12.5 Å². The molecule has 0 aliphatic carbocycles. The van der Waals surface area contributed by atoms with Crippen LogP contribution in [0.15, 0.2) is 11.2 Å². The van der Waals surface area contributed by atoms with Crippen molar-refractivity contribution in [1.82, 2.24) is 25.1 Å². The first-order valence-electron chi connectivity index (χ1n) is 7.16. The molecule has 0 aromatic carbocycles. The summed E-state index contributed by atoms with van der Waals surface area (Å²) >= 11 is 0. The molecule has 1 aromatic heterocycles. The van der Waals surface area contributed by atoms with Crippen LogP contribution in [-0.2, 0) is 21.3 Å². The first-order valence-corrected chi connectivity index (χ1v) is 8.64. The fraction of sp³-hybridized carbons (Fsp3) is 0.750. The molecule has 1 aromatic rings. The fourth-order valence-corrected chi connectivity index (χ4v) is 3.30. The van der Waals surface area contributed by atoms with Gasteiger partial charge in [-0.25, -0.2) is 13.1 Å². The molecule has 8 nitrogen and oxygen atoms in total. The Balaban J connectivity index is 1.87. The summed E-state index contributed by atoms with van der Waals surface area (Å²) in [4.78, 5) is 2.18. The van der Waals surface area contributed by atoms with Crippen LogP contribution in [0.25, 0.3) is 0 Å². The maximum atomic E-state index is 12.3. The number of nitrogens with zero attached hydrogens (tertiary/aromatic N) is 2. The Morgan fingerprint density at radius 1 is 1.43 bits per heavy atom. The van der Waals surface area contributed by atoms with Crippen molar-refractivity contribution >= 4 is 10.0 Å². The van der Waals surface area contributed by atoms with E-state index in [1.54, 1.807) is 6.20 Å². The molecule has 0 saturated carbocycles. The Labute approximate surface area is 125 Å².